The number of halogens is 4. The lowest BCUT2D eigenvalue weighted by atomic mass is 10.1. The second-order valence-corrected chi connectivity index (χ2v) is 6.45. The Morgan fingerprint density at radius 3 is 2.52 bits per heavy atom. The fourth-order valence-electron chi connectivity index (χ4n) is 3.23. The van der Waals surface area contributed by atoms with Crippen LogP contribution in [0.5, 0.6) is 0 Å². The molecule has 0 fully saturated rings. The molecule has 4 rings (SSSR count). The average molecular weight is 407 g/mol. The Bertz CT molecular complexity index is 1400. The van der Waals surface area contributed by atoms with Crippen molar-refractivity contribution in [1.29, 1.82) is 0 Å². The van der Waals surface area contributed by atoms with Gasteiger partial charge in [0.2, 0.25) is 5.82 Å². The van der Waals surface area contributed by atoms with E-state index in [0.717, 1.165) is 16.7 Å². The van der Waals surface area contributed by atoms with E-state index in [-0.39, 0.29) is 39.9 Å². The quantitative estimate of drug-likeness (QED) is 0.476. The molecule has 0 bridgehead atoms. The summed E-state index contributed by atoms with van der Waals surface area (Å²) >= 11 is 0. The topological polar surface area (TPSA) is 70.0 Å². The van der Waals surface area contributed by atoms with E-state index in [9.17, 15) is 27.2 Å². The molecule has 3 heterocycles. The van der Waals surface area contributed by atoms with Crippen LogP contribution in [0.15, 0.2) is 44.5 Å². The third-order valence-corrected chi connectivity index (χ3v) is 4.62. The zero-order chi connectivity index (χ0) is 21.1. The number of benzene rings is 1. The molecule has 6 nitrogen and oxygen atoms in total. The number of nitrogens with zero attached hydrogens (tertiary/aromatic N) is 3. The van der Waals surface area contributed by atoms with Gasteiger partial charge >= 0.3 is 6.18 Å². The van der Waals surface area contributed by atoms with Crippen molar-refractivity contribution in [1.82, 2.24) is 14.1 Å². The van der Waals surface area contributed by atoms with Crippen LogP contribution in [0.25, 0.3) is 33.3 Å². The SMILES string of the molecule is CCn1c(C(F)(F)F)nc2c(F)cc3c(=O)cc(-c4ccn(C)c(=O)c4)oc3c21. The number of alkyl halides is 3. The molecule has 0 radical (unpaired) electrons. The normalized spacial score (nSPS) is 12.2. The largest absolute Gasteiger partial charge is 0.454 e. The molecule has 3 aromatic heterocycles. The lowest BCUT2D eigenvalue weighted by Gasteiger charge is -2.10. The number of rotatable bonds is 2. The lowest BCUT2D eigenvalue weighted by molar-refractivity contribution is -0.146. The van der Waals surface area contributed by atoms with Gasteiger partial charge in [-0.1, -0.05) is 0 Å². The Morgan fingerprint density at radius 2 is 1.90 bits per heavy atom. The van der Waals surface area contributed by atoms with Crippen molar-refractivity contribution in [3.8, 4) is 11.3 Å². The number of fused-ring (bicyclic) bond motifs is 3. The molecule has 4 aromatic rings. The Kier molecular flexibility index (Phi) is 4.10. The third kappa shape index (κ3) is 2.91. The van der Waals surface area contributed by atoms with Crippen molar-refractivity contribution in [2.24, 2.45) is 7.05 Å². The molecule has 0 N–H and O–H groups in total. The van der Waals surface area contributed by atoms with Gasteiger partial charge in [0.1, 0.15) is 16.8 Å². The third-order valence-electron chi connectivity index (χ3n) is 4.62. The van der Waals surface area contributed by atoms with E-state index in [4.69, 9.17) is 4.42 Å². The van der Waals surface area contributed by atoms with Crippen molar-refractivity contribution in [2.45, 2.75) is 19.6 Å². The summed E-state index contributed by atoms with van der Waals surface area (Å²) < 4.78 is 62.4. The summed E-state index contributed by atoms with van der Waals surface area (Å²) in [7, 11) is 1.54. The molecule has 0 amide bonds. The van der Waals surface area contributed by atoms with E-state index in [1.165, 1.54) is 36.9 Å². The maximum Gasteiger partial charge on any atom is 0.449 e. The summed E-state index contributed by atoms with van der Waals surface area (Å²) in [5, 5.41) is -0.217. The minimum atomic E-state index is -4.82. The molecule has 10 heteroatoms. The first-order valence-electron chi connectivity index (χ1n) is 8.52. The average Bonchev–Trinajstić information content (AvgIpc) is 3.06. The van der Waals surface area contributed by atoms with Gasteiger partial charge in [-0.25, -0.2) is 9.37 Å². The fourth-order valence-corrected chi connectivity index (χ4v) is 3.23. The molecular weight excluding hydrogens is 394 g/mol. The molecule has 0 aliphatic heterocycles. The molecule has 29 heavy (non-hydrogen) atoms. The van der Waals surface area contributed by atoms with Gasteiger partial charge in [0.15, 0.2) is 16.8 Å². The molecule has 0 spiro atoms. The molecule has 0 atom stereocenters. The lowest BCUT2D eigenvalue weighted by Crippen LogP contribution is -2.14. The van der Waals surface area contributed by atoms with Gasteiger partial charge in [0, 0.05) is 37.5 Å². The highest BCUT2D eigenvalue weighted by Gasteiger charge is 2.38. The van der Waals surface area contributed by atoms with E-state index in [0.29, 0.717) is 0 Å². The first kappa shape index (κ1) is 18.9. The van der Waals surface area contributed by atoms with Crippen molar-refractivity contribution in [3.05, 3.63) is 62.7 Å². The minimum Gasteiger partial charge on any atom is -0.454 e. The van der Waals surface area contributed by atoms with Crippen LogP contribution in [0.2, 0.25) is 0 Å². The summed E-state index contributed by atoms with van der Waals surface area (Å²) in [4.78, 5) is 27.9. The summed E-state index contributed by atoms with van der Waals surface area (Å²) in [5.41, 5.74) is -1.79. The second-order valence-electron chi connectivity index (χ2n) is 6.45. The summed E-state index contributed by atoms with van der Waals surface area (Å²) in [6.07, 6.45) is -3.36. The maximum atomic E-state index is 14.5. The second kappa shape index (κ2) is 6.29. The molecular formula is C19H13F4N3O3. The van der Waals surface area contributed by atoms with E-state index in [2.05, 4.69) is 4.98 Å². The molecule has 150 valence electrons. The van der Waals surface area contributed by atoms with Crippen LogP contribution in [0, 0.1) is 5.82 Å². The highest BCUT2D eigenvalue weighted by Crippen LogP contribution is 2.36. The zero-order valence-corrected chi connectivity index (χ0v) is 15.2. The highest BCUT2D eigenvalue weighted by atomic mass is 19.4. The summed E-state index contributed by atoms with van der Waals surface area (Å²) in [6.45, 7) is 1.26. The Morgan fingerprint density at radius 1 is 1.17 bits per heavy atom. The first-order chi connectivity index (χ1) is 13.6. The number of pyridine rings is 1. The highest BCUT2D eigenvalue weighted by molar-refractivity contribution is 6.01. The molecule has 0 saturated carbocycles. The Labute approximate surface area is 159 Å². The van der Waals surface area contributed by atoms with Crippen molar-refractivity contribution >= 4 is 22.0 Å². The zero-order valence-electron chi connectivity index (χ0n) is 15.2. The number of aryl methyl sites for hydroxylation is 2. The van der Waals surface area contributed by atoms with Crippen LogP contribution < -0.4 is 11.0 Å². The Hall–Kier alpha value is -3.43. The van der Waals surface area contributed by atoms with Crippen LogP contribution in [-0.2, 0) is 19.8 Å². The molecule has 0 unspecified atom stereocenters. The van der Waals surface area contributed by atoms with Gasteiger partial charge in [-0.2, -0.15) is 13.2 Å². The van der Waals surface area contributed by atoms with E-state index < -0.39 is 28.8 Å². The van der Waals surface area contributed by atoms with Crippen molar-refractivity contribution in [2.75, 3.05) is 0 Å². The van der Waals surface area contributed by atoms with Crippen LogP contribution in [-0.4, -0.2) is 14.1 Å². The van der Waals surface area contributed by atoms with Crippen molar-refractivity contribution in [3.63, 3.8) is 0 Å². The fraction of sp³-hybridized carbons (Fsp3) is 0.211. The molecule has 0 aliphatic carbocycles. The Balaban J connectivity index is 2.15. The molecule has 0 aliphatic rings. The van der Waals surface area contributed by atoms with Crippen LogP contribution in [0.4, 0.5) is 17.6 Å². The number of aromatic nitrogens is 3. The minimum absolute atomic E-state index is 0.0227. The predicted octanol–water partition coefficient (Wildman–Crippen LogP) is 3.69. The summed E-state index contributed by atoms with van der Waals surface area (Å²) in [5.74, 6) is -2.37. The van der Waals surface area contributed by atoms with Crippen LogP contribution in [0.1, 0.15) is 12.7 Å². The van der Waals surface area contributed by atoms with Crippen LogP contribution >= 0.6 is 0 Å². The summed E-state index contributed by atoms with van der Waals surface area (Å²) in [6, 6.07) is 4.62. The van der Waals surface area contributed by atoms with Gasteiger partial charge in [0.25, 0.3) is 5.56 Å². The first-order valence-corrected chi connectivity index (χ1v) is 8.52. The van der Waals surface area contributed by atoms with Gasteiger partial charge in [-0.3, -0.25) is 9.59 Å². The van der Waals surface area contributed by atoms with Crippen molar-refractivity contribution < 1.29 is 22.0 Å². The van der Waals surface area contributed by atoms with Gasteiger partial charge in [0.05, 0.1) is 5.39 Å². The number of hydrogen-bond donors (Lipinski definition) is 0. The standard InChI is InChI=1S/C19H13F4N3O3/c1-3-26-16-15(24-18(26)19(21,22)23)11(20)7-10-12(27)8-13(29-17(10)16)9-4-5-25(2)14(28)6-9/h4-8H,3H2,1-2H3. The maximum absolute atomic E-state index is 14.5. The molecule has 1 aromatic carbocycles. The smallest absolute Gasteiger partial charge is 0.449 e. The van der Waals surface area contributed by atoms with Gasteiger partial charge in [-0.05, 0) is 19.1 Å². The number of imidazole rings is 1. The monoisotopic (exact) mass is 407 g/mol. The predicted molar refractivity (Wildman–Crippen MR) is 97.1 cm³/mol. The van der Waals surface area contributed by atoms with Gasteiger partial charge in [-0.15, -0.1) is 0 Å². The van der Waals surface area contributed by atoms with E-state index in [1.807, 2.05) is 0 Å². The van der Waals surface area contributed by atoms with E-state index in [1.54, 1.807) is 0 Å². The van der Waals surface area contributed by atoms with Gasteiger partial charge < -0.3 is 13.6 Å². The van der Waals surface area contributed by atoms with E-state index >= 15 is 0 Å². The molecule has 0 saturated heterocycles. The van der Waals surface area contributed by atoms with Crippen LogP contribution in [0.3, 0.4) is 0 Å². The number of hydrogen-bond acceptors (Lipinski definition) is 4.